The topological polar surface area (TPSA) is 35.2 Å². The molecule has 0 aliphatic heterocycles. The van der Waals surface area contributed by atoms with Crippen LogP contribution in [0.3, 0.4) is 0 Å². The predicted molar refractivity (Wildman–Crippen MR) is 76.3 cm³/mol. The SMILES string of the molecule is CC(N)Cc1cc(Cl)ccc1OCC1CCCC1. The summed E-state index contributed by atoms with van der Waals surface area (Å²) < 4.78 is 5.96. The second kappa shape index (κ2) is 6.44. The Morgan fingerprint density at radius 3 is 2.78 bits per heavy atom. The summed E-state index contributed by atoms with van der Waals surface area (Å²) in [4.78, 5) is 0. The average Bonchev–Trinajstić information content (AvgIpc) is 2.80. The van der Waals surface area contributed by atoms with Crippen LogP contribution in [0.25, 0.3) is 0 Å². The first-order chi connectivity index (χ1) is 8.65. The van der Waals surface area contributed by atoms with Crippen LogP contribution >= 0.6 is 11.6 Å². The van der Waals surface area contributed by atoms with Crippen LogP contribution in [0, 0.1) is 5.92 Å². The van der Waals surface area contributed by atoms with Gasteiger partial charge in [-0.25, -0.2) is 0 Å². The number of benzene rings is 1. The van der Waals surface area contributed by atoms with Crippen LogP contribution in [-0.4, -0.2) is 12.6 Å². The van der Waals surface area contributed by atoms with E-state index < -0.39 is 0 Å². The van der Waals surface area contributed by atoms with E-state index in [0.29, 0.717) is 0 Å². The van der Waals surface area contributed by atoms with Crippen LogP contribution < -0.4 is 10.5 Å². The summed E-state index contributed by atoms with van der Waals surface area (Å²) in [6.45, 7) is 2.83. The van der Waals surface area contributed by atoms with Gasteiger partial charge in [0.15, 0.2) is 0 Å². The molecule has 3 heteroatoms. The second-order valence-electron chi connectivity index (χ2n) is 5.39. The maximum Gasteiger partial charge on any atom is 0.122 e. The Kier molecular flexibility index (Phi) is 4.90. The highest BCUT2D eigenvalue weighted by atomic mass is 35.5. The molecule has 1 unspecified atom stereocenters. The van der Waals surface area contributed by atoms with Crippen LogP contribution in [0.2, 0.25) is 5.02 Å². The van der Waals surface area contributed by atoms with E-state index in [1.54, 1.807) is 0 Å². The first kappa shape index (κ1) is 13.7. The summed E-state index contributed by atoms with van der Waals surface area (Å²) in [5.41, 5.74) is 6.98. The molecular formula is C15H22ClNO. The molecule has 0 heterocycles. The third kappa shape index (κ3) is 3.89. The van der Waals surface area contributed by atoms with Crippen LogP contribution in [0.1, 0.15) is 38.2 Å². The van der Waals surface area contributed by atoms with Gasteiger partial charge < -0.3 is 10.5 Å². The lowest BCUT2D eigenvalue weighted by molar-refractivity contribution is 0.249. The molecule has 2 nitrogen and oxygen atoms in total. The van der Waals surface area contributed by atoms with Crippen molar-refractivity contribution in [2.24, 2.45) is 11.7 Å². The highest BCUT2D eigenvalue weighted by Gasteiger charge is 2.16. The minimum absolute atomic E-state index is 0.122. The highest BCUT2D eigenvalue weighted by molar-refractivity contribution is 6.30. The molecule has 2 rings (SSSR count). The summed E-state index contributed by atoms with van der Waals surface area (Å²) >= 11 is 6.03. The summed E-state index contributed by atoms with van der Waals surface area (Å²) in [6.07, 6.45) is 6.11. The third-order valence-corrected chi connectivity index (χ3v) is 3.75. The monoisotopic (exact) mass is 267 g/mol. The fourth-order valence-corrected chi connectivity index (χ4v) is 2.77. The van der Waals surface area contributed by atoms with Crippen molar-refractivity contribution >= 4 is 11.6 Å². The normalized spacial score (nSPS) is 17.9. The van der Waals surface area contributed by atoms with Crippen LogP contribution in [-0.2, 0) is 6.42 Å². The standard InChI is InChI=1S/C15H22ClNO/c1-11(17)8-13-9-14(16)6-7-15(13)18-10-12-4-2-3-5-12/h6-7,9,11-12H,2-5,8,10,17H2,1H3. The van der Waals surface area contributed by atoms with E-state index in [-0.39, 0.29) is 6.04 Å². The van der Waals surface area contributed by atoms with Crippen molar-refractivity contribution < 1.29 is 4.74 Å². The van der Waals surface area contributed by atoms with Gasteiger partial charge in [0.1, 0.15) is 5.75 Å². The number of nitrogens with two attached hydrogens (primary N) is 1. The zero-order chi connectivity index (χ0) is 13.0. The Labute approximate surface area is 114 Å². The molecule has 0 bridgehead atoms. The minimum Gasteiger partial charge on any atom is -0.493 e. The van der Waals surface area contributed by atoms with Gasteiger partial charge in [0, 0.05) is 11.1 Å². The quantitative estimate of drug-likeness (QED) is 0.881. The Bertz CT molecular complexity index is 386. The van der Waals surface area contributed by atoms with Gasteiger partial charge in [-0.15, -0.1) is 0 Å². The molecule has 0 spiro atoms. The molecule has 2 N–H and O–H groups in total. The maximum atomic E-state index is 6.03. The fourth-order valence-electron chi connectivity index (χ4n) is 2.58. The highest BCUT2D eigenvalue weighted by Crippen LogP contribution is 2.28. The van der Waals surface area contributed by atoms with Gasteiger partial charge in [0.2, 0.25) is 0 Å². The van der Waals surface area contributed by atoms with E-state index in [4.69, 9.17) is 22.1 Å². The lowest BCUT2D eigenvalue weighted by atomic mass is 10.1. The average molecular weight is 268 g/mol. The summed E-state index contributed by atoms with van der Waals surface area (Å²) in [5, 5.41) is 0.749. The van der Waals surface area contributed by atoms with Crippen LogP contribution in [0.5, 0.6) is 5.75 Å². The number of hydrogen-bond donors (Lipinski definition) is 1. The second-order valence-corrected chi connectivity index (χ2v) is 5.83. The number of ether oxygens (including phenoxy) is 1. The van der Waals surface area contributed by atoms with E-state index in [9.17, 15) is 0 Å². The summed E-state index contributed by atoms with van der Waals surface area (Å²) in [5.74, 6) is 1.67. The molecular weight excluding hydrogens is 246 g/mol. The smallest absolute Gasteiger partial charge is 0.122 e. The third-order valence-electron chi connectivity index (χ3n) is 3.51. The Morgan fingerprint density at radius 2 is 2.11 bits per heavy atom. The van der Waals surface area contributed by atoms with E-state index in [1.807, 2.05) is 25.1 Å². The molecule has 1 aliphatic carbocycles. The zero-order valence-corrected chi connectivity index (χ0v) is 11.7. The lowest BCUT2D eigenvalue weighted by Gasteiger charge is -2.16. The van der Waals surface area contributed by atoms with Gasteiger partial charge >= 0.3 is 0 Å². The molecule has 100 valence electrons. The molecule has 1 atom stereocenters. The molecule has 0 amide bonds. The van der Waals surface area contributed by atoms with Crippen molar-refractivity contribution in [3.8, 4) is 5.75 Å². The lowest BCUT2D eigenvalue weighted by Crippen LogP contribution is -2.19. The Morgan fingerprint density at radius 1 is 1.39 bits per heavy atom. The van der Waals surface area contributed by atoms with E-state index in [1.165, 1.54) is 25.7 Å². The van der Waals surface area contributed by atoms with Gasteiger partial charge in [-0.3, -0.25) is 0 Å². The van der Waals surface area contributed by atoms with Gasteiger partial charge in [-0.2, -0.15) is 0 Å². The van der Waals surface area contributed by atoms with Crippen LogP contribution in [0.15, 0.2) is 18.2 Å². The number of rotatable bonds is 5. The largest absolute Gasteiger partial charge is 0.493 e. The number of hydrogen-bond acceptors (Lipinski definition) is 2. The van der Waals surface area contributed by atoms with E-state index in [0.717, 1.165) is 35.3 Å². The van der Waals surface area contributed by atoms with Crippen LogP contribution in [0.4, 0.5) is 0 Å². The zero-order valence-electron chi connectivity index (χ0n) is 11.0. The minimum atomic E-state index is 0.122. The van der Waals surface area contributed by atoms with E-state index >= 15 is 0 Å². The molecule has 1 aromatic rings. The van der Waals surface area contributed by atoms with Gasteiger partial charge in [-0.1, -0.05) is 24.4 Å². The van der Waals surface area contributed by atoms with Gasteiger partial charge in [0.25, 0.3) is 0 Å². The summed E-state index contributed by atoms with van der Waals surface area (Å²) in [7, 11) is 0. The molecule has 1 aromatic carbocycles. The molecule has 18 heavy (non-hydrogen) atoms. The molecule has 1 fully saturated rings. The first-order valence-electron chi connectivity index (χ1n) is 6.82. The molecule has 1 aliphatic rings. The molecule has 0 radical (unpaired) electrons. The molecule has 0 saturated heterocycles. The predicted octanol–water partition coefficient (Wildman–Crippen LogP) is 3.80. The first-order valence-corrected chi connectivity index (χ1v) is 7.20. The number of halogens is 1. The Hall–Kier alpha value is -0.730. The van der Waals surface area contributed by atoms with Crippen molar-refractivity contribution in [1.82, 2.24) is 0 Å². The molecule has 0 aromatic heterocycles. The van der Waals surface area contributed by atoms with Crippen molar-refractivity contribution in [2.75, 3.05) is 6.61 Å². The maximum absolute atomic E-state index is 6.03. The fraction of sp³-hybridized carbons (Fsp3) is 0.600. The van der Waals surface area contributed by atoms with Gasteiger partial charge in [-0.05, 0) is 55.9 Å². The van der Waals surface area contributed by atoms with Crippen molar-refractivity contribution in [2.45, 2.75) is 45.1 Å². The van der Waals surface area contributed by atoms with Crippen molar-refractivity contribution in [1.29, 1.82) is 0 Å². The Balaban J connectivity index is 2.00. The van der Waals surface area contributed by atoms with E-state index in [2.05, 4.69) is 0 Å². The van der Waals surface area contributed by atoms with Crippen molar-refractivity contribution in [3.63, 3.8) is 0 Å². The van der Waals surface area contributed by atoms with Crippen molar-refractivity contribution in [3.05, 3.63) is 28.8 Å². The summed E-state index contributed by atoms with van der Waals surface area (Å²) in [6, 6.07) is 5.94. The molecule has 1 saturated carbocycles. The van der Waals surface area contributed by atoms with Gasteiger partial charge in [0.05, 0.1) is 6.61 Å².